The maximum Gasteiger partial charge on any atom is 0.256 e. The Bertz CT molecular complexity index is 978. The van der Waals surface area contributed by atoms with Gasteiger partial charge in [-0.3, -0.25) is 4.79 Å². The summed E-state index contributed by atoms with van der Waals surface area (Å²) < 4.78 is 38.0. The largest absolute Gasteiger partial charge is 0.493 e. The molecule has 0 aliphatic carbocycles. The number of carbonyl (C=O) groups excluding carboxylic acids is 1. The smallest absolute Gasteiger partial charge is 0.256 e. The van der Waals surface area contributed by atoms with Gasteiger partial charge in [0.05, 0.1) is 30.8 Å². The van der Waals surface area contributed by atoms with E-state index >= 15 is 0 Å². The molecule has 2 saturated heterocycles. The Labute approximate surface area is 157 Å². The first kappa shape index (κ1) is 17.9. The van der Waals surface area contributed by atoms with E-state index in [-0.39, 0.29) is 28.4 Å². The molecular weight excluding hydrogens is 370 g/mol. The number of hydrogen-bond donors (Lipinski definition) is 1. The van der Waals surface area contributed by atoms with Crippen molar-refractivity contribution in [3.63, 3.8) is 0 Å². The normalized spacial score (nSPS) is 22.0. The average molecular weight is 389 g/mol. The predicted octanol–water partition coefficient (Wildman–Crippen LogP) is 1.50. The van der Waals surface area contributed by atoms with Gasteiger partial charge in [0, 0.05) is 18.3 Å². The van der Waals surface area contributed by atoms with Crippen LogP contribution in [0, 0.1) is 0 Å². The van der Waals surface area contributed by atoms with Crippen LogP contribution in [0.4, 0.5) is 5.82 Å². The predicted molar refractivity (Wildman–Crippen MR) is 97.2 cm³/mol. The highest BCUT2D eigenvalue weighted by molar-refractivity contribution is 7.89. The fourth-order valence-electron chi connectivity index (χ4n) is 3.42. The maximum atomic E-state index is 13.0. The molecule has 142 valence electrons. The number of pyridine rings is 1. The van der Waals surface area contributed by atoms with Crippen molar-refractivity contribution >= 4 is 21.7 Å². The molecule has 9 heteroatoms. The zero-order valence-corrected chi connectivity index (χ0v) is 15.5. The number of morpholine rings is 1. The first-order valence-corrected chi connectivity index (χ1v) is 9.97. The maximum absolute atomic E-state index is 13.0. The van der Waals surface area contributed by atoms with E-state index in [9.17, 15) is 13.2 Å². The molecule has 3 heterocycles. The summed E-state index contributed by atoms with van der Waals surface area (Å²) in [7, 11) is -2.20. The second-order valence-corrected chi connectivity index (χ2v) is 8.35. The van der Waals surface area contributed by atoms with E-state index in [0.717, 1.165) is 6.42 Å². The highest BCUT2D eigenvalue weighted by Gasteiger charge is 2.45. The van der Waals surface area contributed by atoms with Crippen LogP contribution >= 0.6 is 0 Å². The SMILES string of the molecule is COc1cccnc1NC(=O)c1cccc(S(=O)(=O)N2C[C@H]3C[C@@H]2CO3)c1. The summed E-state index contributed by atoms with van der Waals surface area (Å²) in [4.78, 5) is 16.7. The van der Waals surface area contributed by atoms with Crippen molar-refractivity contribution in [1.29, 1.82) is 0 Å². The van der Waals surface area contributed by atoms with E-state index in [1.807, 2.05) is 0 Å². The Balaban J connectivity index is 1.58. The van der Waals surface area contributed by atoms with Gasteiger partial charge in [-0.05, 0) is 36.8 Å². The standard InChI is InChI=1S/C18H19N3O5S/c1-25-16-6-3-7-19-17(16)20-18(22)12-4-2-5-15(8-12)27(23,24)21-10-14-9-13(21)11-26-14/h2-8,13-14H,9-11H2,1H3,(H,19,20,22)/t13-,14-/m1/s1. The van der Waals surface area contributed by atoms with Crippen molar-refractivity contribution in [1.82, 2.24) is 9.29 Å². The van der Waals surface area contributed by atoms with Crippen LogP contribution in [0.3, 0.4) is 0 Å². The van der Waals surface area contributed by atoms with Gasteiger partial charge in [0.15, 0.2) is 11.6 Å². The number of amides is 1. The summed E-state index contributed by atoms with van der Waals surface area (Å²) in [6.07, 6.45) is 2.22. The third kappa shape index (κ3) is 3.29. The van der Waals surface area contributed by atoms with Crippen molar-refractivity contribution in [3.8, 4) is 5.75 Å². The second-order valence-electron chi connectivity index (χ2n) is 6.46. The minimum atomic E-state index is -3.68. The number of rotatable bonds is 5. The van der Waals surface area contributed by atoms with Gasteiger partial charge in [-0.25, -0.2) is 13.4 Å². The van der Waals surface area contributed by atoms with Crippen molar-refractivity contribution in [2.75, 3.05) is 25.6 Å². The summed E-state index contributed by atoms with van der Waals surface area (Å²) in [5.74, 6) is 0.227. The highest BCUT2D eigenvalue weighted by Crippen LogP contribution is 2.33. The molecule has 0 saturated carbocycles. The molecule has 0 unspecified atom stereocenters. The Morgan fingerprint density at radius 3 is 2.89 bits per heavy atom. The third-order valence-corrected chi connectivity index (χ3v) is 6.69. The molecule has 2 atom stereocenters. The quantitative estimate of drug-likeness (QED) is 0.832. The van der Waals surface area contributed by atoms with Gasteiger partial charge in [-0.2, -0.15) is 4.31 Å². The monoisotopic (exact) mass is 389 g/mol. The topological polar surface area (TPSA) is 97.8 Å². The van der Waals surface area contributed by atoms with E-state index < -0.39 is 15.9 Å². The fourth-order valence-corrected chi connectivity index (χ4v) is 5.12. The van der Waals surface area contributed by atoms with Crippen molar-refractivity contribution in [3.05, 3.63) is 48.2 Å². The minimum absolute atomic E-state index is 0.0344. The average Bonchev–Trinajstić information content (AvgIpc) is 3.32. The second kappa shape index (κ2) is 6.91. The van der Waals surface area contributed by atoms with Crippen LogP contribution in [-0.4, -0.2) is 56.0 Å². The number of carbonyl (C=O) groups is 1. The van der Waals surface area contributed by atoms with E-state index in [1.54, 1.807) is 24.3 Å². The summed E-state index contributed by atoms with van der Waals surface area (Å²) in [5.41, 5.74) is 0.226. The van der Waals surface area contributed by atoms with Crippen LogP contribution in [0.1, 0.15) is 16.8 Å². The molecule has 0 radical (unpaired) electrons. The Kier molecular flexibility index (Phi) is 4.58. The lowest BCUT2D eigenvalue weighted by molar-refractivity contribution is 0.0608. The van der Waals surface area contributed by atoms with E-state index in [4.69, 9.17) is 9.47 Å². The Morgan fingerprint density at radius 1 is 1.33 bits per heavy atom. The van der Waals surface area contributed by atoms with Gasteiger partial charge in [0.25, 0.3) is 5.91 Å². The van der Waals surface area contributed by atoms with Crippen LogP contribution in [0.15, 0.2) is 47.5 Å². The molecule has 1 amide bonds. The molecule has 1 aromatic heterocycles. The molecule has 4 rings (SSSR count). The number of sulfonamides is 1. The number of methoxy groups -OCH3 is 1. The number of benzene rings is 1. The summed E-state index contributed by atoms with van der Waals surface area (Å²) in [6.45, 7) is 0.776. The van der Waals surface area contributed by atoms with Gasteiger partial charge in [0.2, 0.25) is 10.0 Å². The molecule has 2 aliphatic heterocycles. The number of fused-ring (bicyclic) bond motifs is 2. The van der Waals surface area contributed by atoms with E-state index in [1.165, 1.54) is 29.7 Å². The molecule has 2 bridgehead atoms. The number of aromatic nitrogens is 1. The van der Waals surface area contributed by atoms with Crippen LogP contribution in [0.5, 0.6) is 5.75 Å². The van der Waals surface area contributed by atoms with E-state index in [0.29, 0.717) is 18.9 Å². The molecular formula is C18H19N3O5S. The molecule has 8 nitrogen and oxygen atoms in total. The third-order valence-electron chi connectivity index (χ3n) is 4.78. The number of ether oxygens (including phenoxy) is 2. The first-order valence-electron chi connectivity index (χ1n) is 8.53. The van der Waals surface area contributed by atoms with Gasteiger partial charge >= 0.3 is 0 Å². The lowest BCUT2D eigenvalue weighted by Crippen LogP contribution is -2.41. The van der Waals surface area contributed by atoms with Crippen molar-refractivity contribution in [2.45, 2.75) is 23.5 Å². The molecule has 2 fully saturated rings. The number of nitrogens with zero attached hydrogens (tertiary/aromatic N) is 2. The van der Waals surface area contributed by atoms with Gasteiger partial charge < -0.3 is 14.8 Å². The van der Waals surface area contributed by atoms with Gasteiger partial charge in [-0.1, -0.05) is 6.07 Å². The zero-order chi connectivity index (χ0) is 19.0. The zero-order valence-electron chi connectivity index (χ0n) is 14.7. The van der Waals surface area contributed by atoms with Crippen molar-refractivity contribution < 1.29 is 22.7 Å². The number of hydrogen-bond acceptors (Lipinski definition) is 6. The summed E-state index contributed by atoms with van der Waals surface area (Å²) in [5, 5.41) is 2.65. The van der Waals surface area contributed by atoms with Crippen LogP contribution in [0.2, 0.25) is 0 Å². The lowest BCUT2D eigenvalue weighted by Gasteiger charge is -2.26. The highest BCUT2D eigenvalue weighted by atomic mass is 32.2. The summed E-state index contributed by atoms with van der Waals surface area (Å²) in [6, 6.07) is 9.23. The fraction of sp³-hybridized carbons (Fsp3) is 0.333. The molecule has 2 aliphatic rings. The summed E-state index contributed by atoms with van der Waals surface area (Å²) >= 11 is 0. The Hall–Kier alpha value is -2.49. The Morgan fingerprint density at radius 2 is 2.19 bits per heavy atom. The molecule has 1 aromatic carbocycles. The molecule has 27 heavy (non-hydrogen) atoms. The molecule has 0 spiro atoms. The van der Waals surface area contributed by atoms with Crippen molar-refractivity contribution in [2.24, 2.45) is 0 Å². The number of nitrogens with one attached hydrogen (secondary N) is 1. The molecule has 1 N–H and O–H groups in total. The van der Waals surface area contributed by atoms with Gasteiger partial charge in [0.1, 0.15) is 0 Å². The van der Waals surface area contributed by atoms with Crippen LogP contribution < -0.4 is 10.1 Å². The van der Waals surface area contributed by atoms with Crippen LogP contribution in [0.25, 0.3) is 0 Å². The molecule has 2 aromatic rings. The number of anilines is 1. The van der Waals surface area contributed by atoms with Gasteiger partial charge in [-0.15, -0.1) is 0 Å². The van der Waals surface area contributed by atoms with E-state index in [2.05, 4.69) is 10.3 Å². The lowest BCUT2D eigenvalue weighted by atomic mass is 10.2. The minimum Gasteiger partial charge on any atom is -0.493 e. The van der Waals surface area contributed by atoms with Crippen LogP contribution in [-0.2, 0) is 14.8 Å². The first-order chi connectivity index (χ1) is 13.0.